The van der Waals surface area contributed by atoms with Crippen LogP contribution in [-0.4, -0.2) is 5.97 Å². The van der Waals surface area contributed by atoms with Gasteiger partial charge in [0.1, 0.15) is 6.61 Å². The van der Waals surface area contributed by atoms with E-state index < -0.39 is 17.7 Å². The van der Waals surface area contributed by atoms with E-state index in [1.807, 2.05) is 6.07 Å². The lowest BCUT2D eigenvalue weighted by molar-refractivity contribution is -0.137. The highest BCUT2D eigenvalue weighted by molar-refractivity contribution is 5.89. The Balaban J connectivity index is 2.03. The van der Waals surface area contributed by atoms with Crippen LogP contribution in [0.4, 0.5) is 13.2 Å². The van der Waals surface area contributed by atoms with Crippen molar-refractivity contribution in [1.29, 1.82) is 5.26 Å². The number of hydrogen-bond acceptors (Lipinski definition) is 3. The molecule has 0 aliphatic rings. The van der Waals surface area contributed by atoms with Gasteiger partial charge in [0, 0.05) is 0 Å². The van der Waals surface area contributed by atoms with Crippen LogP contribution in [0.25, 0.3) is 0 Å². The van der Waals surface area contributed by atoms with E-state index in [9.17, 15) is 18.0 Å². The SMILES string of the molecule is N#Cc1ccc(C(=O)OCc2cccc(C(F)(F)F)c2)cc1. The maximum absolute atomic E-state index is 12.6. The van der Waals surface area contributed by atoms with Gasteiger partial charge in [-0.05, 0) is 42.0 Å². The first-order valence-corrected chi connectivity index (χ1v) is 6.23. The molecule has 3 nitrogen and oxygen atoms in total. The van der Waals surface area contributed by atoms with Crippen LogP contribution in [0.2, 0.25) is 0 Å². The minimum Gasteiger partial charge on any atom is -0.457 e. The van der Waals surface area contributed by atoms with Crippen molar-refractivity contribution in [3.05, 3.63) is 70.8 Å². The molecule has 0 heterocycles. The van der Waals surface area contributed by atoms with E-state index in [0.717, 1.165) is 12.1 Å². The largest absolute Gasteiger partial charge is 0.457 e. The zero-order valence-electron chi connectivity index (χ0n) is 11.2. The van der Waals surface area contributed by atoms with Gasteiger partial charge in [0.15, 0.2) is 0 Å². The van der Waals surface area contributed by atoms with Crippen molar-refractivity contribution < 1.29 is 22.7 Å². The van der Waals surface area contributed by atoms with Crippen LogP contribution in [0.1, 0.15) is 27.0 Å². The molecule has 2 rings (SSSR count). The molecule has 0 spiro atoms. The number of esters is 1. The van der Waals surface area contributed by atoms with Gasteiger partial charge in [0.05, 0.1) is 22.8 Å². The number of ether oxygens (including phenoxy) is 1. The Kier molecular flexibility index (Phi) is 4.47. The van der Waals surface area contributed by atoms with Gasteiger partial charge in [-0.25, -0.2) is 4.79 Å². The van der Waals surface area contributed by atoms with Crippen molar-refractivity contribution >= 4 is 5.97 Å². The number of hydrogen-bond donors (Lipinski definition) is 0. The molecule has 0 N–H and O–H groups in total. The van der Waals surface area contributed by atoms with E-state index in [4.69, 9.17) is 10.00 Å². The molecule has 2 aromatic rings. The van der Waals surface area contributed by atoms with Gasteiger partial charge in [-0.1, -0.05) is 12.1 Å². The molecule has 0 saturated carbocycles. The van der Waals surface area contributed by atoms with Crippen LogP contribution in [0, 0.1) is 11.3 Å². The summed E-state index contributed by atoms with van der Waals surface area (Å²) in [5.74, 6) is -0.665. The maximum Gasteiger partial charge on any atom is 0.416 e. The summed E-state index contributed by atoms with van der Waals surface area (Å²) < 4.78 is 42.7. The Bertz CT molecular complexity index is 715. The van der Waals surface area contributed by atoms with Crippen molar-refractivity contribution in [3.8, 4) is 6.07 Å². The van der Waals surface area contributed by atoms with Crippen molar-refractivity contribution in [2.24, 2.45) is 0 Å². The van der Waals surface area contributed by atoms with Gasteiger partial charge in [0.2, 0.25) is 0 Å². The van der Waals surface area contributed by atoms with Gasteiger partial charge < -0.3 is 4.74 Å². The zero-order chi connectivity index (χ0) is 16.2. The van der Waals surface area contributed by atoms with Gasteiger partial charge in [-0.15, -0.1) is 0 Å². The Morgan fingerprint density at radius 1 is 1.14 bits per heavy atom. The number of halogens is 3. The highest BCUT2D eigenvalue weighted by atomic mass is 19.4. The van der Waals surface area contributed by atoms with Crippen LogP contribution in [0.15, 0.2) is 48.5 Å². The Hall–Kier alpha value is -2.81. The van der Waals surface area contributed by atoms with E-state index >= 15 is 0 Å². The smallest absolute Gasteiger partial charge is 0.416 e. The lowest BCUT2D eigenvalue weighted by Crippen LogP contribution is -2.08. The van der Waals surface area contributed by atoms with Crippen LogP contribution in [0.3, 0.4) is 0 Å². The third kappa shape index (κ3) is 3.85. The van der Waals surface area contributed by atoms with Crippen molar-refractivity contribution in [2.45, 2.75) is 12.8 Å². The summed E-state index contributed by atoms with van der Waals surface area (Å²) in [7, 11) is 0. The van der Waals surface area contributed by atoms with E-state index in [2.05, 4.69) is 0 Å². The maximum atomic E-state index is 12.6. The normalized spacial score (nSPS) is 10.8. The van der Waals surface area contributed by atoms with Crippen LogP contribution >= 0.6 is 0 Å². The molecule has 0 unspecified atom stereocenters. The summed E-state index contributed by atoms with van der Waals surface area (Å²) in [4.78, 5) is 11.8. The molecule has 0 amide bonds. The number of benzene rings is 2. The molecular formula is C16H10F3NO2. The fourth-order valence-corrected chi connectivity index (χ4v) is 1.75. The highest BCUT2D eigenvalue weighted by Gasteiger charge is 2.30. The van der Waals surface area contributed by atoms with Gasteiger partial charge in [0.25, 0.3) is 0 Å². The molecule has 0 aromatic heterocycles. The second kappa shape index (κ2) is 6.31. The first kappa shape index (κ1) is 15.6. The summed E-state index contributed by atoms with van der Waals surface area (Å²) in [6.07, 6.45) is -4.44. The minimum absolute atomic E-state index is 0.228. The molecule has 0 atom stereocenters. The molecule has 0 radical (unpaired) electrons. The molecule has 0 bridgehead atoms. The van der Waals surface area contributed by atoms with Crippen LogP contribution in [0.5, 0.6) is 0 Å². The highest BCUT2D eigenvalue weighted by Crippen LogP contribution is 2.29. The average Bonchev–Trinajstić information content (AvgIpc) is 2.52. The number of carbonyl (C=O) groups is 1. The first-order valence-electron chi connectivity index (χ1n) is 6.23. The number of rotatable bonds is 3. The molecule has 0 aliphatic heterocycles. The molecule has 0 aliphatic carbocycles. The standard InChI is InChI=1S/C16H10F3NO2/c17-16(18,19)14-3-1-2-12(8-14)10-22-15(21)13-6-4-11(9-20)5-7-13/h1-8H,10H2. The van der Waals surface area contributed by atoms with E-state index in [-0.39, 0.29) is 17.7 Å². The molecule has 6 heteroatoms. The van der Waals surface area contributed by atoms with Crippen LogP contribution < -0.4 is 0 Å². The number of nitriles is 1. The van der Waals surface area contributed by atoms with Crippen molar-refractivity contribution in [1.82, 2.24) is 0 Å². The first-order chi connectivity index (χ1) is 10.4. The lowest BCUT2D eigenvalue weighted by atomic mass is 10.1. The van der Waals surface area contributed by atoms with E-state index in [1.54, 1.807) is 0 Å². The molecule has 0 saturated heterocycles. The van der Waals surface area contributed by atoms with Crippen LogP contribution in [-0.2, 0) is 17.5 Å². The molecular weight excluding hydrogens is 295 g/mol. The Labute approximate surface area is 124 Å². The second-order valence-electron chi connectivity index (χ2n) is 4.46. The molecule has 2 aromatic carbocycles. The predicted octanol–water partition coefficient (Wildman–Crippen LogP) is 3.93. The fraction of sp³-hybridized carbons (Fsp3) is 0.125. The summed E-state index contributed by atoms with van der Waals surface area (Å²) in [6, 6.07) is 12.3. The number of nitrogens with zero attached hydrogens (tertiary/aromatic N) is 1. The Morgan fingerprint density at radius 2 is 1.82 bits per heavy atom. The van der Waals surface area contributed by atoms with Crippen molar-refractivity contribution in [3.63, 3.8) is 0 Å². The molecule has 22 heavy (non-hydrogen) atoms. The predicted molar refractivity (Wildman–Crippen MR) is 71.7 cm³/mol. The van der Waals surface area contributed by atoms with E-state index in [1.165, 1.54) is 36.4 Å². The Morgan fingerprint density at radius 3 is 2.41 bits per heavy atom. The molecule has 112 valence electrons. The average molecular weight is 305 g/mol. The fourth-order valence-electron chi connectivity index (χ4n) is 1.75. The summed E-state index contributed by atoms with van der Waals surface area (Å²) >= 11 is 0. The monoisotopic (exact) mass is 305 g/mol. The topological polar surface area (TPSA) is 50.1 Å². The minimum atomic E-state index is -4.44. The van der Waals surface area contributed by atoms with Gasteiger partial charge in [-0.2, -0.15) is 18.4 Å². The lowest BCUT2D eigenvalue weighted by Gasteiger charge is -2.09. The summed E-state index contributed by atoms with van der Waals surface area (Å²) in [5, 5.41) is 8.65. The molecule has 0 fully saturated rings. The zero-order valence-corrected chi connectivity index (χ0v) is 11.2. The third-order valence-corrected chi connectivity index (χ3v) is 2.87. The van der Waals surface area contributed by atoms with Gasteiger partial charge >= 0.3 is 12.1 Å². The van der Waals surface area contributed by atoms with E-state index in [0.29, 0.717) is 5.56 Å². The third-order valence-electron chi connectivity index (χ3n) is 2.87. The summed E-state index contributed by atoms with van der Waals surface area (Å²) in [6.45, 7) is -0.261. The van der Waals surface area contributed by atoms with Gasteiger partial charge in [-0.3, -0.25) is 0 Å². The summed E-state index contributed by atoms with van der Waals surface area (Å²) in [5.41, 5.74) is 0.0802. The quantitative estimate of drug-likeness (QED) is 0.807. The number of carbonyl (C=O) groups excluding carboxylic acids is 1. The second-order valence-corrected chi connectivity index (χ2v) is 4.46. The number of alkyl halides is 3. The van der Waals surface area contributed by atoms with Crippen molar-refractivity contribution in [2.75, 3.05) is 0 Å².